The largest absolute Gasteiger partial charge is 0.319 e. The van der Waals surface area contributed by atoms with E-state index in [0.29, 0.717) is 12.1 Å². The molecule has 0 spiro atoms. The number of amides is 2. The highest BCUT2D eigenvalue weighted by molar-refractivity contribution is 5.91. The van der Waals surface area contributed by atoms with Crippen LogP contribution in [-0.4, -0.2) is 59.9 Å². The van der Waals surface area contributed by atoms with Gasteiger partial charge in [-0.3, -0.25) is 9.59 Å². The lowest BCUT2D eigenvalue weighted by atomic mass is 9.51. The fraction of sp³-hybridized carbons (Fsp3) is 0.526. The summed E-state index contributed by atoms with van der Waals surface area (Å²) in [5.41, 5.74) is 4.93. The van der Waals surface area contributed by atoms with Crippen molar-refractivity contribution in [2.45, 2.75) is 88.1 Å². The summed E-state index contributed by atoms with van der Waals surface area (Å²) in [6.07, 6.45) is 15.7. The minimum atomic E-state index is -0.281. The maximum atomic E-state index is 14.7. The molecule has 0 unspecified atom stereocenters. The number of hydrogen-bond donors (Lipinski definition) is 2. The molecule has 7 rings (SSSR count). The fourth-order valence-electron chi connectivity index (χ4n) is 8.70. The van der Waals surface area contributed by atoms with Crippen molar-refractivity contribution in [3.63, 3.8) is 0 Å². The molecule has 4 heterocycles. The van der Waals surface area contributed by atoms with Crippen molar-refractivity contribution in [3.8, 4) is 0 Å². The summed E-state index contributed by atoms with van der Waals surface area (Å²) in [4.78, 5) is 33.4. The minimum Gasteiger partial charge on any atom is -0.319 e. The van der Waals surface area contributed by atoms with Crippen LogP contribution in [0.5, 0.6) is 0 Å². The molecule has 44 heavy (non-hydrogen) atoms. The van der Waals surface area contributed by atoms with Crippen LogP contribution in [0, 0.1) is 11.8 Å². The Morgan fingerprint density at radius 2 is 1.00 bits per heavy atom. The molecular weight excluding hydrogens is 544 g/mol. The van der Waals surface area contributed by atoms with Gasteiger partial charge in [0.1, 0.15) is 0 Å². The molecule has 2 amide bonds. The Kier molecular flexibility index (Phi) is 8.99. The Morgan fingerprint density at radius 3 is 1.39 bits per heavy atom. The molecular formula is C38H48N4O2. The van der Waals surface area contributed by atoms with Crippen LogP contribution < -0.4 is 10.6 Å². The van der Waals surface area contributed by atoms with Crippen molar-refractivity contribution < 1.29 is 9.59 Å². The van der Waals surface area contributed by atoms with Crippen LogP contribution in [-0.2, 0) is 9.59 Å². The van der Waals surface area contributed by atoms with Gasteiger partial charge in [0.25, 0.3) is 0 Å². The maximum absolute atomic E-state index is 14.7. The number of carbonyl (C=O) groups is 2. The van der Waals surface area contributed by atoms with Gasteiger partial charge < -0.3 is 20.4 Å². The number of benzene rings is 2. The van der Waals surface area contributed by atoms with E-state index in [4.69, 9.17) is 0 Å². The van der Waals surface area contributed by atoms with Crippen LogP contribution in [0.2, 0.25) is 0 Å². The second kappa shape index (κ2) is 13.4. The zero-order valence-corrected chi connectivity index (χ0v) is 26.0. The molecule has 2 saturated heterocycles. The normalized spacial score (nSPS) is 31.0. The average molecular weight is 593 g/mol. The summed E-state index contributed by atoms with van der Waals surface area (Å²) in [6, 6.07) is 21.5. The van der Waals surface area contributed by atoms with Crippen molar-refractivity contribution in [1.29, 1.82) is 0 Å². The summed E-state index contributed by atoms with van der Waals surface area (Å²) >= 11 is 0. The molecule has 2 aromatic rings. The van der Waals surface area contributed by atoms with Gasteiger partial charge in [0.2, 0.25) is 11.8 Å². The summed E-state index contributed by atoms with van der Waals surface area (Å²) in [5, 5.41) is 7.39. The van der Waals surface area contributed by atoms with Crippen molar-refractivity contribution in [1.82, 2.24) is 20.4 Å². The summed E-state index contributed by atoms with van der Waals surface area (Å²) in [6.45, 7) is 3.61. The van der Waals surface area contributed by atoms with E-state index in [1.807, 2.05) is 21.9 Å². The van der Waals surface area contributed by atoms with E-state index in [9.17, 15) is 9.59 Å². The third-order valence-electron chi connectivity index (χ3n) is 10.9. The quantitative estimate of drug-likeness (QED) is 0.426. The Hall–Kier alpha value is -3.22. The lowest BCUT2D eigenvalue weighted by molar-refractivity contribution is -0.150. The van der Waals surface area contributed by atoms with Gasteiger partial charge in [0.15, 0.2) is 0 Å². The zero-order chi connectivity index (χ0) is 29.9. The van der Waals surface area contributed by atoms with Crippen LogP contribution in [0.15, 0.2) is 84.2 Å². The average Bonchev–Trinajstić information content (AvgIpc) is 3.09. The third kappa shape index (κ3) is 5.91. The van der Waals surface area contributed by atoms with Crippen molar-refractivity contribution >= 4 is 11.8 Å². The Labute approximate surface area is 263 Å². The number of nitrogens with zero attached hydrogens (tertiary/aromatic N) is 2. The lowest BCUT2D eigenvalue weighted by Crippen LogP contribution is -2.57. The monoisotopic (exact) mass is 592 g/mol. The Morgan fingerprint density at radius 1 is 0.568 bits per heavy atom. The second-order valence-corrected chi connectivity index (χ2v) is 13.6. The van der Waals surface area contributed by atoms with E-state index in [2.05, 4.69) is 71.6 Å². The molecule has 0 radical (unpaired) electrons. The first-order valence-electron chi connectivity index (χ1n) is 17.3. The van der Waals surface area contributed by atoms with Crippen LogP contribution in [0.25, 0.3) is 0 Å². The Bertz CT molecular complexity index is 1250. The molecule has 0 bridgehead atoms. The van der Waals surface area contributed by atoms with Crippen molar-refractivity contribution in [3.05, 3.63) is 95.3 Å². The molecule has 1 aliphatic carbocycles. The lowest BCUT2D eigenvalue weighted by Gasteiger charge is -2.53. The van der Waals surface area contributed by atoms with Crippen LogP contribution in [0.1, 0.15) is 87.2 Å². The number of carbonyl (C=O) groups excluding carboxylic acids is 2. The SMILES string of the molecule is O=C(C1C(c2ccccc2)C(C(=O)N2C=C([C@H]3CCCCN3)CCC2)C1c1ccccc1)N1C=C([C@H]2CCCCN2)CCC1. The predicted molar refractivity (Wildman–Crippen MR) is 175 cm³/mol. The van der Waals surface area contributed by atoms with E-state index in [-0.39, 0.29) is 35.5 Å². The molecule has 232 valence electrons. The number of rotatable bonds is 6. The van der Waals surface area contributed by atoms with Gasteiger partial charge in [0, 0.05) is 49.4 Å². The highest BCUT2D eigenvalue weighted by Crippen LogP contribution is 2.59. The first-order chi connectivity index (χ1) is 21.7. The highest BCUT2D eigenvalue weighted by Gasteiger charge is 2.59. The summed E-state index contributed by atoms with van der Waals surface area (Å²) < 4.78 is 0. The molecule has 0 aromatic heterocycles. The van der Waals surface area contributed by atoms with E-state index in [0.717, 1.165) is 75.8 Å². The first-order valence-corrected chi connectivity index (χ1v) is 17.3. The molecule has 6 nitrogen and oxygen atoms in total. The van der Waals surface area contributed by atoms with Gasteiger partial charge in [-0.2, -0.15) is 0 Å². The van der Waals surface area contributed by atoms with Gasteiger partial charge in [-0.15, -0.1) is 0 Å². The van der Waals surface area contributed by atoms with E-state index in [1.54, 1.807) is 0 Å². The van der Waals surface area contributed by atoms with E-state index >= 15 is 0 Å². The van der Waals surface area contributed by atoms with Crippen molar-refractivity contribution in [2.24, 2.45) is 11.8 Å². The molecule has 1 saturated carbocycles. The molecule has 2 aromatic carbocycles. The number of piperidine rings is 2. The van der Waals surface area contributed by atoms with E-state index in [1.165, 1.54) is 36.8 Å². The molecule has 2 N–H and O–H groups in total. The first kappa shape index (κ1) is 29.5. The van der Waals surface area contributed by atoms with Gasteiger partial charge in [-0.1, -0.05) is 73.5 Å². The molecule has 2 atom stereocenters. The van der Waals surface area contributed by atoms with Crippen LogP contribution in [0.4, 0.5) is 0 Å². The third-order valence-corrected chi connectivity index (χ3v) is 10.9. The fourth-order valence-corrected chi connectivity index (χ4v) is 8.70. The van der Waals surface area contributed by atoms with E-state index < -0.39 is 0 Å². The second-order valence-electron chi connectivity index (χ2n) is 13.6. The topological polar surface area (TPSA) is 64.7 Å². The van der Waals surface area contributed by atoms with Crippen LogP contribution >= 0.6 is 0 Å². The van der Waals surface area contributed by atoms with Crippen molar-refractivity contribution in [2.75, 3.05) is 26.2 Å². The Balaban J connectivity index is 1.23. The zero-order valence-electron chi connectivity index (χ0n) is 26.0. The molecule has 3 fully saturated rings. The van der Waals surface area contributed by atoms with Gasteiger partial charge in [0.05, 0.1) is 11.8 Å². The molecule has 5 aliphatic rings. The standard InChI is InChI=1S/C38H48N4O2/c43-37(41-23-11-17-29(25-41)31-19-7-9-21-39-31)35-33(27-13-3-1-4-14-27)36(34(35)28-15-5-2-6-16-28)38(44)42-24-12-18-30(26-42)32-20-8-10-22-40-32/h1-6,13-16,25-26,31-36,39-40H,7-12,17-24H2/t31-,32-,33?,34?,35?,36?/m1/s1. The number of nitrogens with one attached hydrogen (secondary N) is 2. The van der Waals surface area contributed by atoms with Crippen LogP contribution in [0.3, 0.4) is 0 Å². The van der Waals surface area contributed by atoms with Gasteiger partial charge in [-0.05, 0) is 86.7 Å². The smallest absolute Gasteiger partial charge is 0.230 e. The summed E-state index contributed by atoms with van der Waals surface area (Å²) in [5.74, 6) is -0.523. The highest BCUT2D eigenvalue weighted by atomic mass is 16.2. The molecule has 6 heteroatoms. The van der Waals surface area contributed by atoms with Gasteiger partial charge in [-0.25, -0.2) is 0 Å². The maximum Gasteiger partial charge on any atom is 0.230 e. The summed E-state index contributed by atoms with van der Waals surface area (Å²) in [7, 11) is 0. The minimum absolute atomic E-state index is 0.153. The molecule has 4 aliphatic heterocycles. The predicted octanol–water partition coefficient (Wildman–Crippen LogP) is 6.10. The van der Waals surface area contributed by atoms with Gasteiger partial charge >= 0.3 is 0 Å². The number of hydrogen-bond acceptors (Lipinski definition) is 4.